The molecule has 0 aliphatic heterocycles. The zero-order valence-electron chi connectivity index (χ0n) is 10.8. The van der Waals surface area contributed by atoms with Gasteiger partial charge in [0.2, 0.25) is 5.91 Å². The third kappa shape index (κ3) is 5.30. The highest BCUT2D eigenvalue weighted by molar-refractivity contribution is 5.78. The molecular weight excluding hydrogens is 257 g/mol. The first kappa shape index (κ1) is 15.5. The molecule has 0 bridgehead atoms. The Hall–Kier alpha value is -1.56. The highest BCUT2D eigenvalue weighted by Crippen LogP contribution is 2.29. The maximum absolute atomic E-state index is 12.3. The number of amides is 1. The van der Waals surface area contributed by atoms with Gasteiger partial charge in [-0.15, -0.1) is 0 Å². The molecular formula is C13H17F3N2O. The van der Waals surface area contributed by atoms with Crippen LogP contribution in [-0.4, -0.2) is 25.5 Å². The van der Waals surface area contributed by atoms with Gasteiger partial charge < -0.3 is 10.6 Å². The standard InChI is InChI=1S/C13H17F3N2O/c1-9(17-2)8-18-12(19)7-10-3-5-11(6-4-10)13(14,15)16/h3-6,9,17H,7-8H2,1-2H3,(H,18,19). The molecule has 0 saturated carbocycles. The fourth-order valence-electron chi connectivity index (χ4n) is 1.43. The Labute approximate surface area is 110 Å². The van der Waals surface area contributed by atoms with E-state index < -0.39 is 11.7 Å². The quantitative estimate of drug-likeness (QED) is 0.862. The molecule has 0 spiro atoms. The number of carbonyl (C=O) groups excluding carboxylic acids is 1. The minimum Gasteiger partial charge on any atom is -0.354 e. The van der Waals surface area contributed by atoms with E-state index in [0.717, 1.165) is 12.1 Å². The van der Waals surface area contributed by atoms with E-state index in [0.29, 0.717) is 12.1 Å². The summed E-state index contributed by atoms with van der Waals surface area (Å²) in [5, 5.41) is 5.67. The Bertz CT molecular complexity index is 415. The number of halogens is 3. The first-order valence-electron chi connectivity index (χ1n) is 5.93. The molecule has 1 unspecified atom stereocenters. The Balaban J connectivity index is 2.51. The van der Waals surface area contributed by atoms with Crippen molar-refractivity contribution in [1.82, 2.24) is 10.6 Å². The van der Waals surface area contributed by atoms with Crippen molar-refractivity contribution in [3.8, 4) is 0 Å². The van der Waals surface area contributed by atoms with Crippen molar-refractivity contribution in [3.63, 3.8) is 0 Å². The van der Waals surface area contributed by atoms with E-state index in [1.807, 2.05) is 6.92 Å². The van der Waals surface area contributed by atoms with Gasteiger partial charge in [0.1, 0.15) is 0 Å². The number of carbonyl (C=O) groups is 1. The van der Waals surface area contributed by atoms with Crippen LogP contribution in [0.25, 0.3) is 0 Å². The van der Waals surface area contributed by atoms with E-state index in [1.165, 1.54) is 12.1 Å². The molecule has 1 amide bonds. The average molecular weight is 274 g/mol. The summed E-state index contributed by atoms with van der Waals surface area (Å²) in [7, 11) is 1.78. The lowest BCUT2D eigenvalue weighted by Crippen LogP contribution is -2.37. The normalized spacial score (nSPS) is 13.1. The van der Waals surface area contributed by atoms with Crippen molar-refractivity contribution < 1.29 is 18.0 Å². The van der Waals surface area contributed by atoms with Crippen LogP contribution in [0.15, 0.2) is 24.3 Å². The van der Waals surface area contributed by atoms with Crippen LogP contribution >= 0.6 is 0 Å². The fraction of sp³-hybridized carbons (Fsp3) is 0.462. The monoisotopic (exact) mass is 274 g/mol. The largest absolute Gasteiger partial charge is 0.416 e. The summed E-state index contributed by atoms with van der Waals surface area (Å²) < 4.78 is 37.0. The molecule has 0 aliphatic carbocycles. The molecule has 1 rings (SSSR count). The molecule has 2 N–H and O–H groups in total. The highest BCUT2D eigenvalue weighted by atomic mass is 19.4. The molecule has 19 heavy (non-hydrogen) atoms. The van der Waals surface area contributed by atoms with Crippen molar-refractivity contribution >= 4 is 5.91 Å². The zero-order valence-corrected chi connectivity index (χ0v) is 10.8. The van der Waals surface area contributed by atoms with Gasteiger partial charge in [0.05, 0.1) is 12.0 Å². The maximum Gasteiger partial charge on any atom is 0.416 e. The minimum absolute atomic E-state index is 0.0779. The molecule has 0 aromatic heterocycles. The lowest BCUT2D eigenvalue weighted by molar-refractivity contribution is -0.137. The van der Waals surface area contributed by atoms with Gasteiger partial charge in [-0.3, -0.25) is 4.79 Å². The van der Waals surface area contributed by atoms with Crippen LogP contribution in [-0.2, 0) is 17.4 Å². The summed E-state index contributed by atoms with van der Waals surface area (Å²) in [6, 6.07) is 4.77. The molecule has 106 valence electrons. The van der Waals surface area contributed by atoms with E-state index in [9.17, 15) is 18.0 Å². The lowest BCUT2D eigenvalue weighted by Gasteiger charge is -2.11. The lowest BCUT2D eigenvalue weighted by atomic mass is 10.1. The van der Waals surface area contributed by atoms with E-state index in [1.54, 1.807) is 7.05 Å². The Kier molecular flexibility index (Phi) is 5.35. The summed E-state index contributed by atoms with van der Waals surface area (Å²) >= 11 is 0. The molecule has 0 fully saturated rings. The predicted molar refractivity (Wildman–Crippen MR) is 66.7 cm³/mol. The first-order chi connectivity index (χ1) is 8.82. The smallest absolute Gasteiger partial charge is 0.354 e. The SMILES string of the molecule is CNC(C)CNC(=O)Cc1ccc(C(F)(F)F)cc1. The summed E-state index contributed by atoms with van der Waals surface area (Å²) in [6.45, 7) is 2.40. The van der Waals surface area contributed by atoms with Gasteiger partial charge >= 0.3 is 6.18 Å². The first-order valence-corrected chi connectivity index (χ1v) is 5.93. The fourth-order valence-corrected chi connectivity index (χ4v) is 1.43. The second-order valence-corrected chi connectivity index (χ2v) is 4.37. The number of benzene rings is 1. The summed E-state index contributed by atoms with van der Waals surface area (Å²) in [4.78, 5) is 11.6. The van der Waals surface area contributed by atoms with Gasteiger partial charge in [0.15, 0.2) is 0 Å². The Morgan fingerprint density at radius 3 is 2.32 bits per heavy atom. The number of hydrogen-bond donors (Lipinski definition) is 2. The average Bonchev–Trinajstić information content (AvgIpc) is 2.35. The molecule has 1 atom stereocenters. The molecule has 6 heteroatoms. The van der Waals surface area contributed by atoms with Crippen LogP contribution < -0.4 is 10.6 Å². The van der Waals surface area contributed by atoms with E-state index in [2.05, 4.69) is 10.6 Å². The van der Waals surface area contributed by atoms with Gasteiger partial charge in [0.25, 0.3) is 0 Å². The summed E-state index contributed by atoms with van der Waals surface area (Å²) in [5.74, 6) is -0.207. The predicted octanol–water partition coefficient (Wildman–Crippen LogP) is 1.97. The molecule has 0 radical (unpaired) electrons. The number of hydrogen-bond acceptors (Lipinski definition) is 2. The van der Waals surface area contributed by atoms with Gasteiger partial charge in [-0.05, 0) is 31.7 Å². The van der Waals surface area contributed by atoms with Crippen molar-refractivity contribution in [1.29, 1.82) is 0 Å². The molecule has 3 nitrogen and oxygen atoms in total. The number of likely N-dealkylation sites (N-methyl/N-ethyl adjacent to an activating group) is 1. The van der Waals surface area contributed by atoms with Crippen molar-refractivity contribution in [2.75, 3.05) is 13.6 Å². The minimum atomic E-state index is -4.34. The molecule has 0 aliphatic rings. The molecule has 1 aromatic carbocycles. The van der Waals surface area contributed by atoms with Crippen molar-refractivity contribution in [2.24, 2.45) is 0 Å². The second-order valence-electron chi connectivity index (χ2n) is 4.37. The zero-order chi connectivity index (χ0) is 14.5. The van der Waals surface area contributed by atoms with Gasteiger partial charge in [-0.25, -0.2) is 0 Å². The van der Waals surface area contributed by atoms with Gasteiger partial charge in [-0.2, -0.15) is 13.2 Å². The molecule has 1 aromatic rings. The number of alkyl halides is 3. The summed E-state index contributed by atoms with van der Waals surface area (Å²) in [5.41, 5.74) is -0.150. The van der Waals surface area contributed by atoms with Crippen LogP contribution in [0.2, 0.25) is 0 Å². The van der Waals surface area contributed by atoms with Crippen molar-refractivity contribution in [2.45, 2.75) is 25.6 Å². The number of rotatable bonds is 5. The second kappa shape index (κ2) is 6.56. The van der Waals surface area contributed by atoms with Crippen LogP contribution in [0.3, 0.4) is 0 Å². The third-order valence-corrected chi connectivity index (χ3v) is 2.74. The Morgan fingerprint density at radius 1 is 1.26 bits per heavy atom. The molecule has 0 saturated heterocycles. The van der Waals surface area contributed by atoms with Crippen LogP contribution in [0.5, 0.6) is 0 Å². The van der Waals surface area contributed by atoms with E-state index in [-0.39, 0.29) is 18.4 Å². The van der Waals surface area contributed by atoms with E-state index in [4.69, 9.17) is 0 Å². The molecule has 0 heterocycles. The Morgan fingerprint density at radius 2 is 1.84 bits per heavy atom. The van der Waals surface area contributed by atoms with Crippen molar-refractivity contribution in [3.05, 3.63) is 35.4 Å². The van der Waals surface area contributed by atoms with E-state index >= 15 is 0 Å². The van der Waals surface area contributed by atoms with Crippen LogP contribution in [0.4, 0.5) is 13.2 Å². The number of nitrogens with one attached hydrogen (secondary N) is 2. The topological polar surface area (TPSA) is 41.1 Å². The van der Waals surface area contributed by atoms with Gasteiger partial charge in [-0.1, -0.05) is 12.1 Å². The summed E-state index contributed by atoms with van der Waals surface area (Å²) in [6.07, 6.45) is -4.27. The third-order valence-electron chi connectivity index (χ3n) is 2.74. The van der Waals surface area contributed by atoms with Gasteiger partial charge in [0, 0.05) is 12.6 Å². The van der Waals surface area contributed by atoms with Crippen LogP contribution in [0.1, 0.15) is 18.1 Å². The maximum atomic E-state index is 12.3. The highest BCUT2D eigenvalue weighted by Gasteiger charge is 2.29. The van der Waals surface area contributed by atoms with Crippen LogP contribution in [0, 0.1) is 0 Å².